The fraction of sp³-hybridized carbons (Fsp3) is 1.00. The van der Waals surface area contributed by atoms with Gasteiger partial charge in [-0.15, -0.1) is 0 Å². The monoisotopic (exact) mass is 268 g/mol. The summed E-state index contributed by atoms with van der Waals surface area (Å²) in [5.74, 6) is 0.767. The molecule has 0 aromatic carbocycles. The summed E-state index contributed by atoms with van der Waals surface area (Å²) in [6, 6.07) is 0.694. The second kappa shape index (κ2) is 7.05. The van der Waals surface area contributed by atoms with Gasteiger partial charge in [0.1, 0.15) is 0 Å². The summed E-state index contributed by atoms with van der Waals surface area (Å²) in [6.07, 6.45) is 9.84. The zero-order valence-electron chi connectivity index (χ0n) is 12.8. The second-order valence-corrected chi connectivity index (χ2v) is 6.84. The molecule has 0 spiro atoms. The van der Waals surface area contributed by atoms with Gasteiger partial charge < -0.3 is 15.3 Å². The summed E-state index contributed by atoms with van der Waals surface area (Å²) >= 11 is 0. The maximum Gasteiger partial charge on any atom is 0.0774 e. The van der Waals surface area contributed by atoms with Crippen LogP contribution in [0, 0.1) is 5.92 Å². The van der Waals surface area contributed by atoms with Crippen molar-refractivity contribution < 1.29 is 5.11 Å². The van der Waals surface area contributed by atoms with E-state index in [1.807, 2.05) is 0 Å². The van der Waals surface area contributed by atoms with E-state index >= 15 is 0 Å². The van der Waals surface area contributed by atoms with Crippen molar-refractivity contribution in [1.29, 1.82) is 0 Å². The second-order valence-electron chi connectivity index (χ2n) is 6.84. The lowest BCUT2D eigenvalue weighted by atomic mass is 9.84. The predicted molar refractivity (Wildman–Crippen MR) is 80.3 cm³/mol. The number of rotatable bonds is 6. The topological polar surface area (TPSA) is 35.5 Å². The molecule has 2 N–H and O–H groups in total. The number of aliphatic hydroxyl groups is 1. The molecular weight excluding hydrogens is 236 g/mol. The predicted octanol–water partition coefficient (Wildman–Crippen LogP) is 2.39. The van der Waals surface area contributed by atoms with Crippen LogP contribution in [-0.4, -0.2) is 48.3 Å². The molecule has 0 radical (unpaired) electrons. The molecule has 0 heterocycles. The first-order chi connectivity index (χ1) is 9.13. The number of hydrogen-bond acceptors (Lipinski definition) is 3. The Bertz CT molecular complexity index is 261. The Morgan fingerprint density at radius 3 is 2.53 bits per heavy atom. The summed E-state index contributed by atoms with van der Waals surface area (Å²) in [7, 11) is 2.19. The summed E-state index contributed by atoms with van der Waals surface area (Å²) in [6.45, 7) is 5.29. The van der Waals surface area contributed by atoms with E-state index in [0.717, 1.165) is 38.4 Å². The van der Waals surface area contributed by atoms with Crippen LogP contribution in [0.15, 0.2) is 0 Å². The van der Waals surface area contributed by atoms with Crippen LogP contribution in [0.5, 0.6) is 0 Å². The summed E-state index contributed by atoms with van der Waals surface area (Å²) in [4.78, 5) is 2.38. The van der Waals surface area contributed by atoms with Crippen LogP contribution in [0.2, 0.25) is 0 Å². The van der Waals surface area contributed by atoms with E-state index in [1.165, 1.54) is 38.5 Å². The molecule has 2 rings (SSSR count). The van der Waals surface area contributed by atoms with Gasteiger partial charge in [-0.05, 0) is 45.2 Å². The van der Waals surface area contributed by atoms with Crippen LogP contribution in [0.25, 0.3) is 0 Å². The first kappa shape index (κ1) is 15.3. The van der Waals surface area contributed by atoms with E-state index in [-0.39, 0.29) is 0 Å². The molecule has 2 fully saturated rings. The molecule has 112 valence electrons. The van der Waals surface area contributed by atoms with E-state index < -0.39 is 5.60 Å². The van der Waals surface area contributed by atoms with Crippen molar-refractivity contribution in [3.05, 3.63) is 0 Å². The third-order valence-corrected chi connectivity index (χ3v) is 5.02. The molecule has 0 aromatic heterocycles. The molecule has 19 heavy (non-hydrogen) atoms. The molecule has 2 aliphatic carbocycles. The van der Waals surface area contributed by atoms with Gasteiger partial charge in [0.25, 0.3) is 0 Å². The lowest BCUT2D eigenvalue weighted by Gasteiger charge is -2.37. The minimum Gasteiger partial charge on any atom is -0.389 e. The van der Waals surface area contributed by atoms with Gasteiger partial charge in [-0.25, -0.2) is 0 Å². The molecule has 2 aliphatic rings. The number of nitrogens with one attached hydrogen (secondary N) is 1. The molecule has 0 aromatic rings. The van der Waals surface area contributed by atoms with Crippen LogP contribution in [0.3, 0.4) is 0 Å². The highest BCUT2D eigenvalue weighted by molar-refractivity contribution is 4.88. The fourth-order valence-electron chi connectivity index (χ4n) is 4.12. The minimum atomic E-state index is -0.392. The zero-order valence-corrected chi connectivity index (χ0v) is 12.8. The number of likely N-dealkylation sites (N-methyl/N-ethyl adjacent to an activating group) is 1. The van der Waals surface area contributed by atoms with Crippen molar-refractivity contribution in [2.45, 2.75) is 69.9 Å². The maximum absolute atomic E-state index is 10.5. The Labute approximate surface area is 118 Å². The highest BCUT2D eigenvalue weighted by Gasteiger charge is 2.33. The van der Waals surface area contributed by atoms with Gasteiger partial charge >= 0.3 is 0 Å². The van der Waals surface area contributed by atoms with Crippen molar-refractivity contribution in [2.24, 2.45) is 5.92 Å². The lowest BCUT2D eigenvalue weighted by molar-refractivity contribution is 0.00989. The molecule has 2 unspecified atom stereocenters. The number of hydrogen-bond donors (Lipinski definition) is 2. The van der Waals surface area contributed by atoms with E-state index in [2.05, 4.69) is 24.2 Å². The maximum atomic E-state index is 10.5. The zero-order chi connectivity index (χ0) is 13.7. The molecule has 2 atom stereocenters. The van der Waals surface area contributed by atoms with Gasteiger partial charge in [-0.3, -0.25) is 0 Å². The third-order valence-electron chi connectivity index (χ3n) is 5.02. The van der Waals surface area contributed by atoms with E-state index in [1.54, 1.807) is 0 Å². The van der Waals surface area contributed by atoms with Gasteiger partial charge in [0.2, 0.25) is 0 Å². The van der Waals surface area contributed by atoms with Crippen molar-refractivity contribution in [2.75, 3.05) is 26.7 Å². The highest BCUT2D eigenvalue weighted by Crippen LogP contribution is 2.31. The average Bonchev–Trinajstić information content (AvgIpc) is 2.78. The van der Waals surface area contributed by atoms with E-state index in [0.29, 0.717) is 6.04 Å². The SMILES string of the molecule is CCNC1CCCCC1CN(C)CC1(O)CCCC1. The van der Waals surface area contributed by atoms with E-state index in [4.69, 9.17) is 0 Å². The Morgan fingerprint density at radius 1 is 1.16 bits per heavy atom. The molecule has 2 saturated carbocycles. The fourth-order valence-corrected chi connectivity index (χ4v) is 4.12. The lowest BCUT2D eigenvalue weighted by Crippen LogP contribution is -2.46. The minimum absolute atomic E-state index is 0.392. The molecule has 0 saturated heterocycles. The largest absolute Gasteiger partial charge is 0.389 e. The van der Waals surface area contributed by atoms with Crippen LogP contribution in [0.1, 0.15) is 58.3 Å². The standard InChI is InChI=1S/C16H32N2O/c1-3-17-15-9-5-4-8-14(15)12-18(2)13-16(19)10-6-7-11-16/h14-15,17,19H,3-13H2,1-2H3. The molecule has 3 nitrogen and oxygen atoms in total. The Balaban J connectivity index is 1.80. The van der Waals surface area contributed by atoms with Crippen LogP contribution < -0.4 is 5.32 Å². The van der Waals surface area contributed by atoms with Crippen molar-refractivity contribution in [3.63, 3.8) is 0 Å². The van der Waals surface area contributed by atoms with Crippen molar-refractivity contribution in [1.82, 2.24) is 10.2 Å². The van der Waals surface area contributed by atoms with Crippen molar-refractivity contribution in [3.8, 4) is 0 Å². The van der Waals surface area contributed by atoms with Crippen LogP contribution >= 0.6 is 0 Å². The quantitative estimate of drug-likeness (QED) is 0.776. The van der Waals surface area contributed by atoms with Gasteiger partial charge in [0.15, 0.2) is 0 Å². The number of nitrogens with zero attached hydrogens (tertiary/aromatic N) is 1. The van der Waals surface area contributed by atoms with Crippen LogP contribution in [-0.2, 0) is 0 Å². The van der Waals surface area contributed by atoms with Gasteiger partial charge in [-0.1, -0.05) is 32.6 Å². The molecule has 0 bridgehead atoms. The Hall–Kier alpha value is -0.120. The van der Waals surface area contributed by atoms with Gasteiger partial charge in [-0.2, -0.15) is 0 Å². The molecule has 0 aliphatic heterocycles. The Morgan fingerprint density at radius 2 is 1.84 bits per heavy atom. The first-order valence-electron chi connectivity index (χ1n) is 8.27. The Kier molecular flexibility index (Phi) is 5.67. The van der Waals surface area contributed by atoms with Gasteiger partial charge in [0, 0.05) is 19.1 Å². The van der Waals surface area contributed by atoms with Crippen LogP contribution in [0.4, 0.5) is 0 Å². The molecule has 0 amide bonds. The summed E-state index contributed by atoms with van der Waals surface area (Å²) in [5.41, 5.74) is -0.392. The third kappa shape index (κ3) is 4.44. The summed E-state index contributed by atoms with van der Waals surface area (Å²) in [5, 5.41) is 14.2. The molecule has 3 heteroatoms. The smallest absolute Gasteiger partial charge is 0.0774 e. The average molecular weight is 268 g/mol. The molecular formula is C16H32N2O. The van der Waals surface area contributed by atoms with E-state index in [9.17, 15) is 5.11 Å². The van der Waals surface area contributed by atoms with Crippen molar-refractivity contribution >= 4 is 0 Å². The first-order valence-corrected chi connectivity index (χ1v) is 8.27. The normalized spacial score (nSPS) is 30.9. The highest BCUT2D eigenvalue weighted by atomic mass is 16.3. The summed E-state index contributed by atoms with van der Waals surface area (Å²) < 4.78 is 0. The van der Waals surface area contributed by atoms with Gasteiger partial charge in [0.05, 0.1) is 5.60 Å².